The summed E-state index contributed by atoms with van der Waals surface area (Å²) in [7, 11) is 0. The highest BCUT2D eigenvalue weighted by molar-refractivity contribution is 5.95. The molecule has 0 atom stereocenters. The Morgan fingerprint density at radius 2 is 1.90 bits per heavy atom. The highest BCUT2D eigenvalue weighted by Crippen LogP contribution is 2.16. The zero-order chi connectivity index (χ0) is 15.1. The molecule has 3 nitrogen and oxygen atoms in total. The molecular weight excluding hydrogens is 246 g/mol. The first-order valence-electron chi connectivity index (χ1n) is 7.65. The Morgan fingerprint density at radius 3 is 2.40 bits per heavy atom. The Balaban J connectivity index is 2.88. The van der Waals surface area contributed by atoms with Crippen LogP contribution in [0.1, 0.15) is 51.7 Å². The number of hydrogen-bond acceptors (Lipinski definition) is 2. The number of nitrogens with two attached hydrogens (primary N) is 1. The number of hydrogen-bond donors (Lipinski definition) is 2. The maximum Gasteiger partial charge on any atom is 0.122 e. The van der Waals surface area contributed by atoms with Crippen LogP contribution in [0.2, 0.25) is 0 Å². The molecule has 0 aliphatic carbocycles. The molecule has 0 saturated heterocycles. The quantitative estimate of drug-likeness (QED) is 0.562. The topological polar surface area (TPSA) is 53.1 Å². The molecule has 0 saturated carbocycles. The molecule has 0 spiro atoms. The molecule has 112 valence electrons. The van der Waals surface area contributed by atoms with E-state index in [9.17, 15) is 0 Å². The van der Waals surface area contributed by atoms with Gasteiger partial charge in [-0.3, -0.25) is 10.3 Å². The Kier molecular flexibility index (Phi) is 6.73. The summed E-state index contributed by atoms with van der Waals surface area (Å²) in [6, 6.07) is 8.68. The Hall–Kier alpha value is -1.35. The van der Waals surface area contributed by atoms with Gasteiger partial charge < -0.3 is 5.73 Å². The standard InChI is InChI=1S/C17H29N3/c1-5-16(6-2)20(11-13(3)4)12-14-8-7-9-15(10-14)17(18)19/h7-10,13,16H,5-6,11-12H2,1-4H3,(H3,18,19). The van der Waals surface area contributed by atoms with Gasteiger partial charge in [0.15, 0.2) is 0 Å². The van der Waals surface area contributed by atoms with Gasteiger partial charge in [-0.05, 0) is 30.4 Å². The molecule has 3 N–H and O–H groups in total. The molecule has 0 aromatic heterocycles. The van der Waals surface area contributed by atoms with Crippen LogP contribution >= 0.6 is 0 Å². The van der Waals surface area contributed by atoms with Crippen LogP contribution < -0.4 is 5.73 Å². The summed E-state index contributed by atoms with van der Waals surface area (Å²) in [5.41, 5.74) is 7.63. The van der Waals surface area contributed by atoms with Gasteiger partial charge in [-0.1, -0.05) is 45.9 Å². The summed E-state index contributed by atoms with van der Waals surface area (Å²) in [5, 5.41) is 7.55. The van der Waals surface area contributed by atoms with E-state index in [0.29, 0.717) is 12.0 Å². The molecule has 0 radical (unpaired) electrons. The molecule has 1 rings (SSSR count). The van der Waals surface area contributed by atoms with Crippen molar-refractivity contribution < 1.29 is 0 Å². The van der Waals surface area contributed by atoms with Crippen molar-refractivity contribution >= 4 is 5.84 Å². The van der Waals surface area contributed by atoms with Gasteiger partial charge in [-0.25, -0.2) is 0 Å². The number of nitrogen functional groups attached to an aromatic ring is 1. The number of rotatable bonds is 8. The van der Waals surface area contributed by atoms with Gasteiger partial charge in [-0.15, -0.1) is 0 Å². The van der Waals surface area contributed by atoms with Crippen LogP contribution in [0.4, 0.5) is 0 Å². The van der Waals surface area contributed by atoms with Crippen molar-refractivity contribution in [1.29, 1.82) is 5.41 Å². The molecule has 20 heavy (non-hydrogen) atoms. The number of benzene rings is 1. The first-order chi connectivity index (χ1) is 9.47. The van der Waals surface area contributed by atoms with Crippen LogP contribution in [0.3, 0.4) is 0 Å². The van der Waals surface area contributed by atoms with Crippen LogP contribution in [0, 0.1) is 11.3 Å². The van der Waals surface area contributed by atoms with Crippen molar-refractivity contribution in [3.05, 3.63) is 35.4 Å². The summed E-state index contributed by atoms with van der Waals surface area (Å²) in [5.74, 6) is 0.802. The first-order valence-corrected chi connectivity index (χ1v) is 7.65. The lowest BCUT2D eigenvalue weighted by Crippen LogP contribution is -2.36. The molecule has 0 amide bonds. The van der Waals surface area contributed by atoms with E-state index in [4.69, 9.17) is 11.1 Å². The van der Waals surface area contributed by atoms with E-state index in [2.05, 4.69) is 38.7 Å². The highest BCUT2D eigenvalue weighted by Gasteiger charge is 2.16. The molecular formula is C17H29N3. The molecule has 0 bridgehead atoms. The fourth-order valence-electron chi connectivity index (χ4n) is 2.69. The second-order valence-electron chi connectivity index (χ2n) is 5.91. The van der Waals surface area contributed by atoms with Crippen molar-refractivity contribution in [3.8, 4) is 0 Å². The minimum Gasteiger partial charge on any atom is -0.384 e. The lowest BCUT2D eigenvalue weighted by atomic mass is 10.0. The number of nitrogens with zero attached hydrogens (tertiary/aromatic N) is 1. The third-order valence-electron chi connectivity index (χ3n) is 3.68. The van der Waals surface area contributed by atoms with Gasteiger partial charge in [0.05, 0.1) is 0 Å². The van der Waals surface area contributed by atoms with E-state index in [1.54, 1.807) is 0 Å². The molecule has 0 aliphatic rings. The third-order valence-corrected chi connectivity index (χ3v) is 3.68. The molecule has 3 heteroatoms. The second-order valence-corrected chi connectivity index (χ2v) is 5.91. The zero-order valence-electron chi connectivity index (χ0n) is 13.3. The summed E-state index contributed by atoms with van der Waals surface area (Å²) in [4.78, 5) is 2.56. The zero-order valence-corrected chi connectivity index (χ0v) is 13.3. The van der Waals surface area contributed by atoms with E-state index < -0.39 is 0 Å². The first kappa shape index (κ1) is 16.7. The van der Waals surface area contributed by atoms with Crippen LogP contribution in [-0.2, 0) is 6.54 Å². The Morgan fingerprint density at radius 1 is 1.25 bits per heavy atom. The molecule has 1 aromatic carbocycles. The van der Waals surface area contributed by atoms with Gasteiger partial charge in [0, 0.05) is 24.7 Å². The fourth-order valence-corrected chi connectivity index (χ4v) is 2.69. The average Bonchev–Trinajstić information content (AvgIpc) is 2.39. The van der Waals surface area contributed by atoms with Gasteiger partial charge in [0.2, 0.25) is 0 Å². The largest absolute Gasteiger partial charge is 0.384 e. The van der Waals surface area contributed by atoms with E-state index >= 15 is 0 Å². The lowest BCUT2D eigenvalue weighted by molar-refractivity contribution is 0.157. The maximum atomic E-state index is 7.55. The number of amidine groups is 1. The Labute approximate surface area is 123 Å². The van der Waals surface area contributed by atoms with Gasteiger partial charge in [-0.2, -0.15) is 0 Å². The summed E-state index contributed by atoms with van der Waals surface area (Å²) < 4.78 is 0. The van der Waals surface area contributed by atoms with Gasteiger partial charge in [0.1, 0.15) is 5.84 Å². The third kappa shape index (κ3) is 4.97. The maximum absolute atomic E-state index is 7.55. The summed E-state index contributed by atoms with van der Waals surface area (Å²) in [6.45, 7) is 11.1. The minimum absolute atomic E-state index is 0.143. The predicted octanol–water partition coefficient (Wildman–Crippen LogP) is 3.62. The van der Waals surface area contributed by atoms with E-state index in [1.807, 2.05) is 18.2 Å². The predicted molar refractivity (Wildman–Crippen MR) is 87.1 cm³/mol. The minimum atomic E-state index is 0.143. The van der Waals surface area contributed by atoms with Crippen LogP contribution in [0.25, 0.3) is 0 Å². The van der Waals surface area contributed by atoms with Crippen molar-refractivity contribution in [1.82, 2.24) is 4.90 Å². The molecule has 0 heterocycles. The van der Waals surface area contributed by atoms with Crippen molar-refractivity contribution in [2.45, 2.75) is 53.1 Å². The van der Waals surface area contributed by atoms with Crippen molar-refractivity contribution in [2.24, 2.45) is 11.7 Å². The molecule has 0 unspecified atom stereocenters. The monoisotopic (exact) mass is 275 g/mol. The van der Waals surface area contributed by atoms with E-state index in [0.717, 1.165) is 18.7 Å². The highest BCUT2D eigenvalue weighted by atomic mass is 15.2. The molecule has 1 aromatic rings. The lowest BCUT2D eigenvalue weighted by Gasteiger charge is -2.32. The van der Waals surface area contributed by atoms with E-state index in [1.165, 1.54) is 18.4 Å². The smallest absolute Gasteiger partial charge is 0.122 e. The van der Waals surface area contributed by atoms with Crippen molar-refractivity contribution in [2.75, 3.05) is 6.54 Å². The SMILES string of the molecule is CCC(CC)N(Cc1cccc(C(=N)N)c1)CC(C)C. The van der Waals surface area contributed by atoms with Crippen molar-refractivity contribution in [3.63, 3.8) is 0 Å². The summed E-state index contributed by atoms with van der Waals surface area (Å²) in [6.07, 6.45) is 2.35. The summed E-state index contributed by atoms with van der Waals surface area (Å²) >= 11 is 0. The van der Waals surface area contributed by atoms with Crippen LogP contribution in [-0.4, -0.2) is 23.3 Å². The van der Waals surface area contributed by atoms with Crippen LogP contribution in [0.15, 0.2) is 24.3 Å². The normalized spacial score (nSPS) is 11.6. The average molecular weight is 275 g/mol. The Bertz CT molecular complexity index is 422. The van der Waals surface area contributed by atoms with Gasteiger partial charge in [0.25, 0.3) is 0 Å². The second kappa shape index (κ2) is 8.05. The van der Waals surface area contributed by atoms with Crippen LogP contribution in [0.5, 0.6) is 0 Å². The number of nitrogens with one attached hydrogen (secondary N) is 1. The van der Waals surface area contributed by atoms with E-state index in [-0.39, 0.29) is 5.84 Å². The molecule has 0 fully saturated rings. The molecule has 0 aliphatic heterocycles. The van der Waals surface area contributed by atoms with Gasteiger partial charge >= 0.3 is 0 Å². The fraction of sp³-hybridized carbons (Fsp3) is 0.588.